The highest BCUT2D eigenvalue weighted by atomic mass is 16.4. The van der Waals surface area contributed by atoms with Gasteiger partial charge in [-0.05, 0) is 19.1 Å². The summed E-state index contributed by atoms with van der Waals surface area (Å²) in [5.74, 6) is -0.276. The van der Waals surface area contributed by atoms with Gasteiger partial charge in [-0.3, -0.25) is 4.57 Å². The number of piperazine rings is 1. The summed E-state index contributed by atoms with van der Waals surface area (Å²) < 4.78 is 7.07. The zero-order valence-corrected chi connectivity index (χ0v) is 10.4. The van der Waals surface area contributed by atoms with Crippen LogP contribution < -0.4 is 16.0 Å². The molecular formula is C13H16N3O2. The lowest BCUT2D eigenvalue weighted by atomic mass is 10.2. The van der Waals surface area contributed by atoms with Gasteiger partial charge in [0.05, 0.1) is 11.2 Å². The lowest BCUT2D eigenvalue weighted by molar-refractivity contribution is 0.510. The number of anilines is 1. The number of nitrogens with zero attached hydrogens (tertiary/aromatic N) is 3. The summed E-state index contributed by atoms with van der Waals surface area (Å²) in [6.07, 6.45) is 0. The van der Waals surface area contributed by atoms with Gasteiger partial charge in [0.15, 0.2) is 5.58 Å². The van der Waals surface area contributed by atoms with E-state index in [0.29, 0.717) is 12.1 Å². The van der Waals surface area contributed by atoms with Crippen molar-refractivity contribution in [3.63, 3.8) is 0 Å². The molecule has 1 aliphatic heterocycles. The standard InChI is InChI=1S/C13H16N3O2/c1-2-16-11-5-3-4-10(12(11)18-13(16)17)15-8-6-14-7-9-15/h3-5H,2,6-9H2,1H3. The zero-order chi connectivity index (χ0) is 12.5. The second-order valence-corrected chi connectivity index (χ2v) is 4.40. The highest BCUT2D eigenvalue weighted by molar-refractivity contribution is 5.87. The third-order valence-electron chi connectivity index (χ3n) is 3.39. The molecule has 0 saturated carbocycles. The quantitative estimate of drug-likeness (QED) is 0.795. The Morgan fingerprint density at radius 1 is 1.33 bits per heavy atom. The topological polar surface area (TPSA) is 52.5 Å². The smallest absolute Gasteiger partial charge is 0.405 e. The molecule has 3 rings (SSSR count). The normalized spacial score (nSPS) is 16.4. The molecule has 1 aromatic heterocycles. The summed E-state index contributed by atoms with van der Waals surface area (Å²) in [6.45, 7) is 6.04. The van der Waals surface area contributed by atoms with Gasteiger partial charge in [-0.2, -0.15) is 0 Å². The molecule has 1 aromatic carbocycles. The first kappa shape index (κ1) is 11.3. The van der Waals surface area contributed by atoms with E-state index in [-0.39, 0.29) is 5.76 Å². The minimum Gasteiger partial charge on any atom is -0.405 e. The molecule has 0 bridgehead atoms. The van der Waals surface area contributed by atoms with E-state index >= 15 is 0 Å². The molecule has 5 heteroatoms. The van der Waals surface area contributed by atoms with Crippen LogP contribution in [0.15, 0.2) is 27.4 Å². The Morgan fingerprint density at radius 2 is 2.11 bits per heavy atom. The van der Waals surface area contributed by atoms with Gasteiger partial charge in [0, 0.05) is 32.7 Å². The van der Waals surface area contributed by atoms with Gasteiger partial charge in [-0.15, -0.1) is 0 Å². The zero-order valence-electron chi connectivity index (χ0n) is 10.4. The van der Waals surface area contributed by atoms with E-state index in [2.05, 4.69) is 10.2 Å². The van der Waals surface area contributed by atoms with E-state index in [1.807, 2.05) is 25.1 Å². The summed E-state index contributed by atoms with van der Waals surface area (Å²) in [6, 6.07) is 5.92. The average Bonchev–Trinajstić information content (AvgIpc) is 2.74. The number of benzene rings is 1. The van der Waals surface area contributed by atoms with Crippen LogP contribution in [0.2, 0.25) is 0 Å². The Balaban J connectivity index is 2.14. The molecule has 0 unspecified atom stereocenters. The molecule has 1 aliphatic rings. The maximum atomic E-state index is 11.8. The molecule has 5 nitrogen and oxygen atoms in total. The predicted octanol–water partition coefficient (Wildman–Crippen LogP) is 1.04. The van der Waals surface area contributed by atoms with Crippen LogP contribution in [0.25, 0.3) is 11.1 Å². The fourth-order valence-corrected chi connectivity index (χ4v) is 2.47. The first-order valence-electron chi connectivity index (χ1n) is 6.32. The number of aromatic nitrogens is 1. The van der Waals surface area contributed by atoms with Gasteiger partial charge in [0.25, 0.3) is 0 Å². The molecule has 0 amide bonds. The molecular weight excluding hydrogens is 230 g/mol. The van der Waals surface area contributed by atoms with Crippen molar-refractivity contribution >= 4 is 16.8 Å². The first-order chi connectivity index (χ1) is 8.81. The van der Waals surface area contributed by atoms with Gasteiger partial charge in [-0.25, -0.2) is 10.1 Å². The minimum absolute atomic E-state index is 0.276. The summed E-state index contributed by atoms with van der Waals surface area (Å²) in [4.78, 5) is 14.0. The maximum absolute atomic E-state index is 11.8. The fraction of sp³-hybridized carbons (Fsp3) is 0.462. The van der Waals surface area contributed by atoms with Crippen LogP contribution >= 0.6 is 0 Å². The van der Waals surface area contributed by atoms with E-state index in [1.165, 1.54) is 0 Å². The summed E-state index contributed by atoms with van der Waals surface area (Å²) in [7, 11) is 0. The van der Waals surface area contributed by atoms with Crippen LogP contribution in [0.1, 0.15) is 6.92 Å². The van der Waals surface area contributed by atoms with Crippen molar-refractivity contribution < 1.29 is 4.42 Å². The van der Waals surface area contributed by atoms with Gasteiger partial charge in [0.2, 0.25) is 0 Å². The van der Waals surface area contributed by atoms with Crippen molar-refractivity contribution in [2.45, 2.75) is 13.5 Å². The SMILES string of the molecule is CCn1c(=O)oc2c(N3CC[N]CC3)cccc21. The summed E-state index contributed by atoms with van der Waals surface area (Å²) in [5.41, 5.74) is 2.58. The van der Waals surface area contributed by atoms with E-state index in [4.69, 9.17) is 4.42 Å². The molecule has 0 atom stereocenters. The van der Waals surface area contributed by atoms with Crippen LogP contribution in [0.5, 0.6) is 0 Å². The van der Waals surface area contributed by atoms with Gasteiger partial charge in [0.1, 0.15) is 0 Å². The van der Waals surface area contributed by atoms with Crippen LogP contribution in [-0.4, -0.2) is 30.7 Å². The number of para-hydroxylation sites is 1. The van der Waals surface area contributed by atoms with Crippen molar-refractivity contribution in [1.29, 1.82) is 0 Å². The second kappa shape index (κ2) is 4.49. The molecule has 1 fully saturated rings. The van der Waals surface area contributed by atoms with Crippen molar-refractivity contribution in [2.75, 3.05) is 31.1 Å². The van der Waals surface area contributed by atoms with E-state index < -0.39 is 0 Å². The van der Waals surface area contributed by atoms with Crippen molar-refractivity contribution in [3.05, 3.63) is 28.7 Å². The van der Waals surface area contributed by atoms with Crippen LogP contribution in [0, 0.1) is 0 Å². The van der Waals surface area contributed by atoms with Gasteiger partial charge >= 0.3 is 5.76 Å². The third-order valence-corrected chi connectivity index (χ3v) is 3.39. The van der Waals surface area contributed by atoms with E-state index in [9.17, 15) is 4.79 Å². The second-order valence-electron chi connectivity index (χ2n) is 4.40. The van der Waals surface area contributed by atoms with E-state index in [1.54, 1.807) is 4.57 Å². The number of hydrogen-bond acceptors (Lipinski definition) is 3. The highest BCUT2D eigenvalue weighted by Crippen LogP contribution is 2.26. The predicted molar refractivity (Wildman–Crippen MR) is 70.2 cm³/mol. The number of aryl methyl sites for hydroxylation is 1. The Bertz CT molecular complexity index is 608. The maximum Gasteiger partial charge on any atom is 0.420 e. The monoisotopic (exact) mass is 246 g/mol. The lowest BCUT2D eigenvalue weighted by Crippen LogP contribution is -2.40. The molecule has 1 radical (unpaired) electrons. The lowest BCUT2D eigenvalue weighted by Gasteiger charge is -2.28. The Labute approximate surface area is 105 Å². The van der Waals surface area contributed by atoms with Crippen molar-refractivity contribution in [1.82, 2.24) is 9.88 Å². The van der Waals surface area contributed by atoms with E-state index in [0.717, 1.165) is 37.4 Å². The van der Waals surface area contributed by atoms with Crippen LogP contribution in [0.4, 0.5) is 5.69 Å². The summed E-state index contributed by atoms with van der Waals surface area (Å²) >= 11 is 0. The fourth-order valence-electron chi connectivity index (χ4n) is 2.47. The molecule has 2 aromatic rings. The molecule has 0 spiro atoms. The Kier molecular flexibility index (Phi) is 2.83. The van der Waals surface area contributed by atoms with Crippen LogP contribution in [-0.2, 0) is 6.54 Å². The van der Waals surface area contributed by atoms with Crippen molar-refractivity contribution in [2.24, 2.45) is 0 Å². The largest absolute Gasteiger partial charge is 0.420 e. The number of hydrogen-bond donors (Lipinski definition) is 0. The Morgan fingerprint density at radius 3 is 2.83 bits per heavy atom. The first-order valence-corrected chi connectivity index (χ1v) is 6.32. The van der Waals surface area contributed by atoms with Gasteiger partial charge < -0.3 is 9.32 Å². The van der Waals surface area contributed by atoms with Crippen molar-refractivity contribution in [3.8, 4) is 0 Å². The average molecular weight is 246 g/mol. The highest BCUT2D eigenvalue weighted by Gasteiger charge is 2.18. The molecule has 18 heavy (non-hydrogen) atoms. The minimum atomic E-state index is -0.276. The number of rotatable bonds is 2. The third kappa shape index (κ3) is 1.71. The molecule has 0 aliphatic carbocycles. The Hall–Kier alpha value is -1.75. The molecule has 2 heterocycles. The summed E-state index contributed by atoms with van der Waals surface area (Å²) in [5, 5.41) is 4.33. The van der Waals surface area contributed by atoms with Crippen LogP contribution in [0.3, 0.4) is 0 Å². The molecule has 0 N–H and O–H groups in total. The van der Waals surface area contributed by atoms with Gasteiger partial charge in [-0.1, -0.05) is 6.07 Å². The molecule has 1 saturated heterocycles. The number of fused-ring (bicyclic) bond motifs is 1. The number of oxazole rings is 1. The molecule has 95 valence electrons.